The molecule has 1 fully saturated rings. The monoisotopic (exact) mass is 245 g/mol. The molecule has 1 aliphatic carbocycles. The van der Waals surface area contributed by atoms with E-state index in [1.165, 1.54) is 0 Å². The van der Waals surface area contributed by atoms with Gasteiger partial charge in [0.15, 0.2) is 0 Å². The lowest BCUT2D eigenvalue weighted by atomic mass is 9.92. The molecule has 0 bridgehead atoms. The second-order valence-corrected chi connectivity index (χ2v) is 4.87. The van der Waals surface area contributed by atoms with Gasteiger partial charge in [-0.25, -0.2) is 0 Å². The molecule has 0 aromatic rings. The standard InChI is InChI=1S/C13H27NO3/c1-4-6-15-8-9-17-13-10-12(11-13)16-7-5-14(2)3/h12-13H,4-11H2,1-3H3/t12-,13-. The van der Waals surface area contributed by atoms with Gasteiger partial charge >= 0.3 is 0 Å². The normalized spacial score (nSPS) is 24.0. The molecule has 0 amide bonds. The van der Waals surface area contributed by atoms with Gasteiger partial charge in [-0.05, 0) is 33.4 Å². The van der Waals surface area contributed by atoms with Crippen molar-refractivity contribution >= 4 is 0 Å². The third-order valence-electron chi connectivity index (χ3n) is 2.87. The van der Waals surface area contributed by atoms with E-state index in [-0.39, 0.29) is 0 Å². The molecule has 0 heterocycles. The summed E-state index contributed by atoms with van der Waals surface area (Å²) in [6, 6.07) is 0. The highest BCUT2D eigenvalue weighted by Gasteiger charge is 2.30. The molecule has 4 nitrogen and oxygen atoms in total. The summed E-state index contributed by atoms with van der Waals surface area (Å²) in [5, 5.41) is 0. The van der Waals surface area contributed by atoms with Crippen molar-refractivity contribution in [2.45, 2.75) is 38.4 Å². The molecule has 0 aliphatic heterocycles. The van der Waals surface area contributed by atoms with Crippen LogP contribution in [0.15, 0.2) is 0 Å². The van der Waals surface area contributed by atoms with Crippen LogP contribution in [-0.2, 0) is 14.2 Å². The van der Waals surface area contributed by atoms with E-state index < -0.39 is 0 Å². The molecule has 0 aromatic carbocycles. The zero-order chi connectivity index (χ0) is 12.5. The lowest BCUT2D eigenvalue weighted by Gasteiger charge is -2.35. The van der Waals surface area contributed by atoms with Crippen LogP contribution in [-0.4, -0.2) is 64.2 Å². The van der Waals surface area contributed by atoms with Crippen LogP contribution >= 0.6 is 0 Å². The van der Waals surface area contributed by atoms with Crippen LogP contribution < -0.4 is 0 Å². The number of nitrogens with zero attached hydrogens (tertiary/aromatic N) is 1. The van der Waals surface area contributed by atoms with Crippen LogP contribution in [0.5, 0.6) is 0 Å². The molecule has 0 unspecified atom stereocenters. The molecule has 1 aliphatic rings. The van der Waals surface area contributed by atoms with Crippen molar-refractivity contribution in [3.8, 4) is 0 Å². The summed E-state index contributed by atoms with van der Waals surface area (Å²) >= 11 is 0. The topological polar surface area (TPSA) is 30.9 Å². The summed E-state index contributed by atoms with van der Waals surface area (Å²) < 4.78 is 16.7. The van der Waals surface area contributed by atoms with Crippen molar-refractivity contribution in [3.63, 3.8) is 0 Å². The molecule has 102 valence electrons. The molecular weight excluding hydrogens is 218 g/mol. The second-order valence-electron chi connectivity index (χ2n) is 4.87. The van der Waals surface area contributed by atoms with E-state index in [1.807, 2.05) is 0 Å². The molecule has 1 saturated carbocycles. The maximum atomic E-state index is 5.71. The molecule has 0 aromatic heterocycles. The van der Waals surface area contributed by atoms with E-state index in [0.717, 1.165) is 52.2 Å². The summed E-state index contributed by atoms with van der Waals surface area (Å²) in [5.74, 6) is 0. The summed E-state index contributed by atoms with van der Waals surface area (Å²) in [6.07, 6.45) is 3.97. The predicted octanol–water partition coefficient (Wildman–Crippen LogP) is 1.54. The van der Waals surface area contributed by atoms with Crippen LogP contribution in [0.25, 0.3) is 0 Å². The maximum absolute atomic E-state index is 5.71. The van der Waals surface area contributed by atoms with Gasteiger partial charge in [0.05, 0.1) is 32.0 Å². The van der Waals surface area contributed by atoms with Gasteiger partial charge in [-0.15, -0.1) is 0 Å². The second kappa shape index (κ2) is 8.86. The molecule has 0 atom stereocenters. The van der Waals surface area contributed by atoms with Gasteiger partial charge in [-0.2, -0.15) is 0 Å². The Hall–Kier alpha value is -0.160. The first-order valence-electron chi connectivity index (χ1n) is 6.68. The fourth-order valence-corrected chi connectivity index (χ4v) is 1.71. The van der Waals surface area contributed by atoms with Crippen LogP contribution in [0.1, 0.15) is 26.2 Å². The first kappa shape index (κ1) is 14.9. The minimum Gasteiger partial charge on any atom is -0.379 e. The number of ether oxygens (including phenoxy) is 3. The van der Waals surface area contributed by atoms with Crippen LogP contribution in [0.2, 0.25) is 0 Å². The van der Waals surface area contributed by atoms with E-state index in [2.05, 4.69) is 25.9 Å². The van der Waals surface area contributed by atoms with Crippen LogP contribution in [0.3, 0.4) is 0 Å². The number of hydrogen-bond donors (Lipinski definition) is 0. The minimum atomic E-state index is 0.393. The number of hydrogen-bond acceptors (Lipinski definition) is 4. The fourth-order valence-electron chi connectivity index (χ4n) is 1.71. The Morgan fingerprint density at radius 3 is 2.18 bits per heavy atom. The van der Waals surface area contributed by atoms with Crippen LogP contribution in [0.4, 0.5) is 0 Å². The zero-order valence-electron chi connectivity index (χ0n) is 11.5. The highest BCUT2D eigenvalue weighted by Crippen LogP contribution is 2.26. The summed E-state index contributed by atoms with van der Waals surface area (Å²) in [4.78, 5) is 2.14. The minimum absolute atomic E-state index is 0.393. The lowest BCUT2D eigenvalue weighted by molar-refractivity contribution is -0.110. The van der Waals surface area contributed by atoms with E-state index in [4.69, 9.17) is 14.2 Å². The largest absolute Gasteiger partial charge is 0.379 e. The van der Waals surface area contributed by atoms with Gasteiger partial charge in [0, 0.05) is 13.2 Å². The van der Waals surface area contributed by atoms with Crippen molar-refractivity contribution in [1.82, 2.24) is 4.90 Å². The van der Waals surface area contributed by atoms with E-state index in [0.29, 0.717) is 12.2 Å². The average molecular weight is 245 g/mol. The first-order chi connectivity index (χ1) is 8.22. The third-order valence-corrected chi connectivity index (χ3v) is 2.87. The van der Waals surface area contributed by atoms with Gasteiger partial charge in [0.2, 0.25) is 0 Å². The molecule has 0 saturated heterocycles. The zero-order valence-corrected chi connectivity index (χ0v) is 11.5. The molecule has 0 spiro atoms. The third kappa shape index (κ3) is 6.99. The molecule has 0 radical (unpaired) electrons. The number of rotatable bonds is 10. The van der Waals surface area contributed by atoms with Gasteiger partial charge in [-0.1, -0.05) is 6.92 Å². The summed E-state index contributed by atoms with van der Waals surface area (Å²) in [7, 11) is 4.12. The Kier molecular flexibility index (Phi) is 7.77. The lowest BCUT2D eigenvalue weighted by Crippen LogP contribution is -2.39. The SMILES string of the molecule is CCCOCCO[C@H]1C[C@H](OCCN(C)C)C1. The smallest absolute Gasteiger partial charge is 0.0704 e. The Balaban J connectivity index is 1.83. The Morgan fingerprint density at radius 2 is 1.59 bits per heavy atom. The molecule has 0 N–H and O–H groups in total. The highest BCUT2D eigenvalue weighted by atomic mass is 16.5. The molecule has 4 heteroatoms. The summed E-state index contributed by atoms with van der Waals surface area (Å²) in [6.45, 7) is 6.20. The molecule has 1 rings (SSSR count). The maximum Gasteiger partial charge on any atom is 0.0704 e. The van der Waals surface area contributed by atoms with Crippen molar-refractivity contribution in [2.24, 2.45) is 0 Å². The Labute approximate surface area is 105 Å². The van der Waals surface area contributed by atoms with Crippen molar-refractivity contribution in [1.29, 1.82) is 0 Å². The van der Waals surface area contributed by atoms with Gasteiger partial charge in [0.25, 0.3) is 0 Å². The van der Waals surface area contributed by atoms with Gasteiger partial charge < -0.3 is 19.1 Å². The average Bonchev–Trinajstić information content (AvgIpc) is 2.23. The van der Waals surface area contributed by atoms with Crippen molar-refractivity contribution in [2.75, 3.05) is 47.1 Å². The van der Waals surface area contributed by atoms with E-state index in [1.54, 1.807) is 0 Å². The van der Waals surface area contributed by atoms with Gasteiger partial charge in [-0.3, -0.25) is 0 Å². The number of likely N-dealkylation sites (N-methyl/N-ethyl adjacent to an activating group) is 1. The van der Waals surface area contributed by atoms with Crippen molar-refractivity contribution in [3.05, 3.63) is 0 Å². The van der Waals surface area contributed by atoms with E-state index >= 15 is 0 Å². The quantitative estimate of drug-likeness (QED) is 0.546. The van der Waals surface area contributed by atoms with E-state index in [9.17, 15) is 0 Å². The Morgan fingerprint density at radius 1 is 0.941 bits per heavy atom. The summed E-state index contributed by atoms with van der Waals surface area (Å²) in [5.41, 5.74) is 0. The Bertz CT molecular complexity index is 182. The van der Waals surface area contributed by atoms with Crippen LogP contribution in [0, 0.1) is 0 Å². The predicted molar refractivity (Wildman–Crippen MR) is 68.4 cm³/mol. The van der Waals surface area contributed by atoms with Gasteiger partial charge in [0.1, 0.15) is 0 Å². The highest BCUT2D eigenvalue weighted by molar-refractivity contribution is 4.81. The fraction of sp³-hybridized carbons (Fsp3) is 1.00. The molecular formula is C13H27NO3. The van der Waals surface area contributed by atoms with Crippen molar-refractivity contribution < 1.29 is 14.2 Å². The first-order valence-corrected chi connectivity index (χ1v) is 6.68. The molecule has 17 heavy (non-hydrogen) atoms.